The number of aliphatic hydroxyl groups is 2. The number of allylic oxidation sites excluding steroid dienone is 2. The van der Waals surface area contributed by atoms with Crippen molar-refractivity contribution in [3.8, 4) is 0 Å². The molecule has 2 nitrogen and oxygen atoms in total. The zero-order valence-electron chi connectivity index (χ0n) is 23.0. The van der Waals surface area contributed by atoms with Gasteiger partial charge in [0.05, 0.1) is 12.2 Å². The third kappa shape index (κ3) is 2.98. The van der Waals surface area contributed by atoms with Crippen LogP contribution in [0.5, 0.6) is 0 Å². The molecule has 0 bridgehead atoms. The molecular formula is C31H52O2. The van der Waals surface area contributed by atoms with E-state index in [0.717, 1.165) is 12.8 Å². The van der Waals surface area contributed by atoms with Gasteiger partial charge in [-0.1, -0.05) is 59.6 Å². The second kappa shape index (κ2) is 7.12. The van der Waals surface area contributed by atoms with Crippen LogP contribution in [0.4, 0.5) is 0 Å². The Balaban J connectivity index is 1.58. The summed E-state index contributed by atoms with van der Waals surface area (Å²) in [6.07, 6.45) is 13.1. The van der Waals surface area contributed by atoms with Crippen LogP contribution < -0.4 is 0 Å². The van der Waals surface area contributed by atoms with Gasteiger partial charge in [0.25, 0.3) is 0 Å². The Kier molecular flexibility index (Phi) is 5.25. The second-order valence-corrected chi connectivity index (χ2v) is 15.3. The Hall–Kier alpha value is -0.340. The van der Waals surface area contributed by atoms with Gasteiger partial charge in [0.1, 0.15) is 0 Å². The highest BCUT2D eigenvalue weighted by molar-refractivity contribution is 5.38. The van der Waals surface area contributed by atoms with Gasteiger partial charge in [-0.15, -0.1) is 0 Å². The molecular weight excluding hydrogens is 404 g/mol. The molecule has 0 heterocycles. The minimum absolute atomic E-state index is 0.0147. The summed E-state index contributed by atoms with van der Waals surface area (Å²) in [6.45, 7) is 19.6. The highest BCUT2D eigenvalue weighted by Gasteiger charge is 2.66. The van der Waals surface area contributed by atoms with Crippen molar-refractivity contribution in [3.63, 3.8) is 0 Å². The van der Waals surface area contributed by atoms with Crippen molar-refractivity contribution in [3.05, 3.63) is 11.1 Å². The molecule has 0 aliphatic heterocycles. The molecule has 33 heavy (non-hydrogen) atoms. The number of fused-ring (bicyclic) bond motifs is 6. The lowest BCUT2D eigenvalue weighted by Crippen LogP contribution is -2.61. The number of aliphatic hydroxyl groups excluding tert-OH is 2. The molecule has 2 heteroatoms. The zero-order chi connectivity index (χ0) is 24.2. The maximum absolute atomic E-state index is 10.9. The summed E-state index contributed by atoms with van der Waals surface area (Å²) in [6, 6.07) is 0. The third-order valence-corrected chi connectivity index (χ3v) is 13.8. The van der Waals surface area contributed by atoms with Crippen molar-refractivity contribution in [1.29, 1.82) is 0 Å². The maximum Gasteiger partial charge on any atom is 0.0594 e. The van der Waals surface area contributed by atoms with Crippen LogP contribution in [-0.2, 0) is 0 Å². The first-order valence-corrected chi connectivity index (χ1v) is 14.2. The highest BCUT2D eigenvalue weighted by Crippen LogP contribution is 2.75. The summed E-state index contributed by atoms with van der Waals surface area (Å²) in [5.74, 6) is 1.30. The van der Waals surface area contributed by atoms with E-state index in [1.54, 1.807) is 0 Å². The standard InChI is InChI=1S/C31H52O2/c1-20(32)28(5)16-15-27(4)17-18-30(7)22-9-10-23-26(2,3)25(33)12-13-29(23,6)21(22)11-14-31(30,8)24(27)19-28/h20,23-25,32-33H,9-19H2,1-8H3/t20-,23?,24-,25+,27-,28-,29-,30-,31+/m1/s1. The van der Waals surface area contributed by atoms with E-state index in [2.05, 4.69) is 48.5 Å². The van der Waals surface area contributed by atoms with Crippen molar-refractivity contribution in [2.45, 2.75) is 138 Å². The summed E-state index contributed by atoms with van der Waals surface area (Å²) < 4.78 is 0. The van der Waals surface area contributed by atoms with Crippen molar-refractivity contribution >= 4 is 0 Å². The predicted molar refractivity (Wildman–Crippen MR) is 137 cm³/mol. The van der Waals surface area contributed by atoms with Gasteiger partial charge >= 0.3 is 0 Å². The van der Waals surface area contributed by atoms with Crippen LogP contribution >= 0.6 is 0 Å². The lowest BCUT2D eigenvalue weighted by Gasteiger charge is -2.70. The average Bonchev–Trinajstić information content (AvgIpc) is 2.74. The van der Waals surface area contributed by atoms with E-state index in [0.29, 0.717) is 22.7 Å². The van der Waals surface area contributed by atoms with Crippen LogP contribution in [-0.4, -0.2) is 22.4 Å². The summed E-state index contributed by atoms with van der Waals surface area (Å²) >= 11 is 0. The molecule has 3 fully saturated rings. The predicted octanol–water partition coefficient (Wildman–Crippen LogP) is 7.67. The molecule has 188 valence electrons. The number of hydrogen-bond donors (Lipinski definition) is 2. The Bertz CT molecular complexity index is 855. The minimum Gasteiger partial charge on any atom is -0.393 e. The van der Waals surface area contributed by atoms with Gasteiger partial charge in [-0.2, -0.15) is 0 Å². The second-order valence-electron chi connectivity index (χ2n) is 15.3. The summed E-state index contributed by atoms with van der Waals surface area (Å²) in [4.78, 5) is 0. The first-order chi connectivity index (χ1) is 15.1. The Morgan fingerprint density at radius 2 is 1.42 bits per heavy atom. The van der Waals surface area contributed by atoms with Crippen molar-refractivity contribution < 1.29 is 10.2 Å². The monoisotopic (exact) mass is 456 g/mol. The lowest BCUT2D eigenvalue weighted by atomic mass is 9.35. The maximum atomic E-state index is 10.9. The fourth-order valence-electron chi connectivity index (χ4n) is 10.7. The van der Waals surface area contributed by atoms with E-state index in [4.69, 9.17) is 0 Å². The largest absolute Gasteiger partial charge is 0.393 e. The molecule has 9 atom stereocenters. The molecule has 5 aliphatic rings. The summed E-state index contributed by atoms with van der Waals surface area (Å²) in [5.41, 5.74) is 5.04. The van der Waals surface area contributed by atoms with E-state index in [-0.39, 0.29) is 33.9 Å². The molecule has 2 N–H and O–H groups in total. The van der Waals surface area contributed by atoms with Crippen LogP contribution in [0.1, 0.15) is 126 Å². The first kappa shape index (κ1) is 24.4. The molecule has 0 amide bonds. The fraction of sp³-hybridized carbons (Fsp3) is 0.935. The highest BCUT2D eigenvalue weighted by atomic mass is 16.3. The van der Waals surface area contributed by atoms with Crippen molar-refractivity contribution in [2.75, 3.05) is 0 Å². The average molecular weight is 457 g/mol. The molecule has 3 saturated carbocycles. The summed E-state index contributed by atoms with van der Waals surface area (Å²) in [7, 11) is 0. The fourth-order valence-corrected chi connectivity index (χ4v) is 10.7. The smallest absolute Gasteiger partial charge is 0.0594 e. The van der Waals surface area contributed by atoms with Gasteiger partial charge in [0.2, 0.25) is 0 Å². The van der Waals surface area contributed by atoms with Crippen LogP contribution in [0.2, 0.25) is 0 Å². The van der Waals surface area contributed by atoms with Gasteiger partial charge in [-0.05, 0) is 122 Å². The SMILES string of the molecule is C[C@@H](O)[C@]1(C)CC[C@]2(C)CC[C@]3(C)C4=C(CC[C@@]3(C)[C@@H]2C1)[C@@]1(C)CC[C@H](O)C(C)(C)C1CC4. The van der Waals surface area contributed by atoms with Gasteiger partial charge in [-0.3, -0.25) is 0 Å². The van der Waals surface area contributed by atoms with Gasteiger partial charge in [0.15, 0.2) is 0 Å². The molecule has 0 radical (unpaired) electrons. The molecule has 0 aromatic carbocycles. The van der Waals surface area contributed by atoms with Gasteiger partial charge in [0, 0.05) is 0 Å². The molecule has 5 rings (SSSR count). The van der Waals surface area contributed by atoms with E-state index >= 15 is 0 Å². The molecule has 0 spiro atoms. The Morgan fingerprint density at radius 1 is 0.758 bits per heavy atom. The van der Waals surface area contributed by atoms with E-state index in [1.165, 1.54) is 57.8 Å². The van der Waals surface area contributed by atoms with Crippen molar-refractivity contribution in [1.82, 2.24) is 0 Å². The minimum atomic E-state index is -0.220. The first-order valence-electron chi connectivity index (χ1n) is 14.2. The van der Waals surface area contributed by atoms with Gasteiger partial charge in [-0.25, -0.2) is 0 Å². The lowest BCUT2D eigenvalue weighted by molar-refractivity contribution is -0.168. The van der Waals surface area contributed by atoms with Crippen molar-refractivity contribution in [2.24, 2.45) is 44.3 Å². The van der Waals surface area contributed by atoms with Gasteiger partial charge < -0.3 is 10.2 Å². The van der Waals surface area contributed by atoms with Crippen LogP contribution in [0.3, 0.4) is 0 Å². The number of hydrogen-bond acceptors (Lipinski definition) is 2. The van der Waals surface area contributed by atoms with E-state index in [1.807, 2.05) is 18.1 Å². The van der Waals surface area contributed by atoms with Crippen LogP contribution in [0.15, 0.2) is 11.1 Å². The number of rotatable bonds is 1. The molecule has 0 saturated heterocycles. The topological polar surface area (TPSA) is 40.5 Å². The Morgan fingerprint density at radius 3 is 2.09 bits per heavy atom. The van der Waals surface area contributed by atoms with Crippen LogP contribution in [0.25, 0.3) is 0 Å². The third-order valence-electron chi connectivity index (χ3n) is 13.8. The van der Waals surface area contributed by atoms with Crippen LogP contribution in [0, 0.1) is 44.3 Å². The summed E-state index contributed by atoms with van der Waals surface area (Å²) in [5, 5.41) is 21.6. The molecule has 1 unspecified atom stereocenters. The van der Waals surface area contributed by atoms with E-state index < -0.39 is 0 Å². The normalized spacial score (nSPS) is 54.5. The van der Waals surface area contributed by atoms with E-state index in [9.17, 15) is 10.2 Å². The zero-order valence-corrected chi connectivity index (χ0v) is 23.0. The molecule has 5 aliphatic carbocycles. The quantitative estimate of drug-likeness (QED) is 0.397. The Labute approximate surface area is 204 Å². The molecule has 0 aromatic heterocycles. The molecule has 0 aromatic rings.